The highest BCUT2D eigenvalue weighted by atomic mass is 16.5. The van der Waals surface area contributed by atoms with E-state index < -0.39 is 0 Å². The summed E-state index contributed by atoms with van der Waals surface area (Å²) in [4.78, 5) is 17.1. The molecule has 6 nitrogen and oxygen atoms in total. The van der Waals surface area contributed by atoms with E-state index in [9.17, 15) is 4.79 Å². The second-order valence-corrected chi connectivity index (χ2v) is 7.95. The molecule has 1 aliphatic heterocycles. The number of nitrogens with zero attached hydrogens (tertiary/aromatic N) is 2. The van der Waals surface area contributed by atoms with Crippen molar-refractivity contribution in [2.45, 2.75) is 32.7 Å². The number of ether oxygens (including phenoxy) is 1. The number of rotatable bonds is 6. The second-order valence-electron chi connectivity index (χ2n) is 7.95. The highest BCUT2D eigenvalue weighted by molar-refractivity contribution is 5.92. The maximum atomic E-state index is 12.7. The van der Waals surface area contributed by atoms with Crippen molar-refractivity contribution in [2.75, 3.05) is 13.2 Å². The van der Waals surface area contributed by atoms with Crippen molar-refractivity contribution in [3.8, 4) is 0 Å². The SMILES string of the molecule is CC(C)Cc1cc(C(=O)NC2COCC2Cc2ccnc3ccccc23)n[nH]1. The Labute approximate surface area is 164 Å². The Morgan fingerprint density at radius 3 is 3.00 bits per heavy atom. The van der Waals surface area contributed by atoms with E-state index >= 15 is 0 Å². The molecule has 146 valence electrons. The van der Waals surface area contributed by atoms with Crippen LogP contribution >= 0.6 is 0 Å². The van der Waals surface area contributed by atoms with Crippen LogP contribution in [0.5, 0.6) is 0 Å². The van der Waals surface area contributed by atoms with Gasteiger partial charge in [0.2, 0.25) is 0 Å². The lowest BCUT2D eigenvalue weighted by molar-refractivity contribution is 0.0920. The monoisotopic (exact) mass is 378 g/mol. The Balaban J connectivity index is 1.45. The molecule has 2 atom stereocenters. The molecule has 0 saturated carbocycles. The van der Waals surface area contributed by atoms with Crippen LogP contribution in [0.4, 0.5) is 0 Å². The van der Waals surface area contributed by atoms with Crippen molar-refractivity contribution in [3.05, 3.63) is 59.5 Å². The van der Waals surface area contributed by atoms with Crippen molar-refractivity contribution < 1.29 is 9.53 Å². The van der Waals surface area contributed by atoms with Crippen molar-refractivity contribution in [2.24, 2.45) is 11.8 Å². The maximum Gasteiger partial charge on any atom is 0.272 e. The predicted octanol–water partition coefficient (Wildman–Crippen LogP) is 3.14. The van der Waals surface area contributed by atoms with Gasteiger partial charge in [0, 0.05) is 23.2 Å². The van der Waals surface area contributed by atoms with Gasteiger partial charge in [0.15, 0.2) is 0 Å². The summed E-state index contributed by atoms with van der Waals surface area (Å²) in [5, 5.41) is 11.4. The Bertz CT molecular complexity index is 961. The van der Waals surface area contributed by atoms with E-state index in [1.54, 1.807) is 0 Å². The number of hydrogen-bond donors (Lipinski definition) is 2. The quantitative estimate of drug-likeness (QED) is 0.691. The Kier molecular flexibility index (Phi) is 5.39. The van der Waals surface area contributed by atoms with E-state index in [1.165, 1.54) is 5.56 Å². The predicted molar refractivity (Wildman–Crippen MR) is 108 cm³/mol. The fraction of sp³-hybridized carbons (Fsp3) is 0.409. The standard InChI is InChI=1S/C22H26N4O2/c1-14(2)9-17-11-20(26-25-17)22(27)24-21-13-28-12-16(21)10-15-7-8-23-19-6-4-3-5-18(15)19/h3-8,11,14,16,21H,9-10,12-13H2,1-2H3,(H,24,27)(H,25,26). The first-order valence-electron chi connectivity index (χ1n) is 9.85. The molecule has 1 aromatic carbocycles. The minimum Gasteiger partial charge on any atom is -0.379 e. The summed E-state index contributed by atoms with van der Waals surface area (Å²) in [5.74, 6) is 0.592. The number of carbonyl (C=O) groups is 1. The van der Waals surface area contributed by atoms with Crippen LogP contribution in [0.1, 0.15) is 35.6 Å². The number of pyridine rings is 1. The Morgan fingerprint density at radius 1 is 1.29 bits per heavy atom. The lowest BCUT2D eigenvalue weighted by atomic mass is 9.93. The molecule has 6 heteroatoms. The number of carbonyl (C=O) groups excluding carboxylic acids is 1. The van der Waals surface area contributed by atoms with Crippen LogP contribution in [-0.4, -0.2) is 40.3 Å². The average Bonchev–Trinajstić information content (AvgIpc) is 3.31. The van der Waals surface area contributed by atoms with Crippen molar-refractivity contribution in [1.29, 1.82) is 0 Å². The van der Waals surface area contributed by atoms with Crippen molar-refractivity contribution in [3.63, 3.8) is 0 Å². The Morgan fingerprint density at radius 2 is 2.14 bits per heavy atom. The van der Waals surface area contributed by atoms with Gasteiger partial charge >= 0.3 is 0 Å². The summed E-state index contributed by atoms with van der Waals surface area (Å²) >= 11 is 0. The summed E-state index contributed by atoms with van der Waals surface area (Å²) in [6.45, 7) is 5.46. The van der Waals surface area contributed by atoms with Crippen LogP contribution in [0, 0.1) is 11.8 Å². The number of aromatic amines is 1. The zero-order valence-corrected chi connectivity index (χ0v) is 16.3. The molecule has 0 spiro atoms. The van der Waals surface area contributed by atoms with Crippen LogP contribution in [0.25, 0.3) is 10.9 Å². The summed E-state index contributed by atoms with van der Waals surface area (Å²) in [7, 11) is 0. The summed E-state index contributed by atoms with van der Waals surface area (Å²) in [6.07, 6.45) is 3.57. The molecule has 1 saturated heterocycles. The van der Waals surface area contributed by atoms with Gasteiger partial charge in [-0.15, -0.1) is 0 Å². The number of fused-ring (bicyclic) bond motifs is 1. The topological polar surface area (TPSA) is 79.9 Å². The van der Waals surface area contributed by atoms with Crippen LogP contribution < -0.4 is 5.32 Å². The summed E-state index contributed by atoms with van der Waals surface area (Å²) < 4.78 is 5.69. The van der Waals surface area contributed by atoms with Crippen LogP contribution in [0.3, 0.4) is 0 Å². The van der Waals surface area contributed by atoms with Gasteiger partial charge in [0.1, 0.15) is 5.69 Å². The number of aromatic nitrogens is 3. The van der Waals surface area contributed by atoms with E-state index in [0.717, 1.165) is 29.4 Å². The minimum absolute atomic E-state index is 0.0234. The molecule has 2 N–H and O–H groups in total. The van der Waals surface area contributed by atoms with Gasteiger partial charge in [-0.3, -0.25) is 14.9 Å². The van der Waals surface area contributed by atoms with E-state index in [-0.39, 0.29) is 17.9 Å². The third-order valence-corrected chi connectivity index (χ3v) is 5.23. The van der Waals surface area contributed by atoms with E-state index in [2.05, 4.69) is 46.5 Å². The number of para-hydroxylation sites is 1. The fourth-order valence-corrected chi connectivity index (χ4v) is 3.84. The minimum atomic E-state index is -0.147. The molecule has 4 rings (SSSR count). The largest absolute Gasteiger partial charge is 0.379 e. The zero-order valence-electron chi connectivity index (χ0n) is 16.3. The number of benzene rings is 1. The third-order valence-electron chi connectivity index (χ3n) is 5.23. The molecule has 1 amide bonds. The van der Waals surface area contributed by atoms with E-state index in [1.807, 2.05) is 30.5 Å². The van der Waals surface area contributed by atoms with Crippen LogP contribution in [0.2, 0.25) is 0 Å². The smallest absolute Gasteiger partial charge is 0.272 e. The molecule has 0 radical (unpaired) electrons. The van der Waals surface area contributed by atoms with Gasteiger partial charge in [-0.2, -0.15) is 5.10 Å². The van der Waals surface area contributed by atoms with Gasteiger partial charge in [0.05, 0.1) is 24.8 Å². The molecule has 1 aliphatic rings. The molecule has 2 unspecified atom stereocenters. The van der Waals surface area contributed by atoms with Gasteiger partial charge in [-0.1, -0.05) is 32.0 Å². The molecule has 28 heavy (non-hydrogen) atoms. The average molecular weight is 378 g/mol. The molecule has 2 aromatic heterocycles. The highest BCUT2D eigenvalue weighted by Gasteiger charge is 2.30. The third kappa shape index (κ3) is 4.07. The molecular formula is C22H26N4O2. The van der Waals surface area contributed by atoms with Gasteiger partial charge < -0.3 is 10.1 Å². The molecule has 3 heterocycles. The lowest BCUT2D eigenvalue weighted by Crippen LogP contribution is -2.40. The van der Waals surface area contributed by atoms with E-state index in [0.29, 0.717) is 24.8 Å². The molecule has 0 aliphatic carbocycles. The maximum absolute atomic E-state index is 12.7. The number of hydrogen-bond acceptors (Lipinski definition) is 4. The fourth-order valence-electron chi connectivity index (χ4n) is 3.84. The molecule has 3 aromatic rings. The van der Waals surface area contributed by atoms with Crippen LogP contribution in [-0.2, 0) is 17.6 Å². The highest BCUT2D eigenvalue weighted by Crippen LogP contribution is 2.24. The first-order chi connectivity index (χ1) is 13.6. The second kappa shape index (κ2) is 8.10. The van der Waals surface area contributed by atoms with Crippen molar-refractivity contribution >= 4 is 16.8 Å². The van der Waals surface area contributed by atoms with Gasteiger partial charge in [-0.05, 0) is 42.5 Å². The Hall–Kier alpha value is -2.73. The molecule has 1 fully saturated rings. The first-order valence-corrected chi connectivity index (χ1v) is 9.85. The number of nitrogens with one attached hydrogen (secondary N) is 2. The van der Waals surface area contributed by atoms with Crippen LogP contribution in [0.15, 0.2) is 42.6 Å². The normalized spacial score (nSPS) is 19.4. The van der Waals surface area contributed by atoms with E-state index in [4.69, 9.17) is 4.74 Å². The number of H-pyrrole nitrogens is 1. The first kappa shape index (κ1) is 18.6. The lowest BCUT2D eigenvalue weighted by Gasteiger charge is -2.19. The summed E-state index contributed by atoms with van der Waals surface area (Å²) in [6, 6.07) is 12.0. The van der Waals surface area contributed by atoms with Crippen molar-refractivity contribution in [1.82, 2.24) is 20.5 Å². The number of amides is 1. The molecule has 0 bridgehead atoms. The van der Waals surface area contributed by atoms with Gasteiger partial charge in [0.25, 0.3) is 5.91 Å². The van der Waals surface area contributed by atoms with Gasteiger partial charge in [-0.25, -0.2) is 0 Å². The summed E-state index contributed by atoms with van der Waals surface area (Å²) in [5.41, 5.74) is 3.66. The zero-order chi connectivity index (χ0) is 19.5. The molecular weight excluding hydrogens is 352 g/mol.